The molecule has 0 radical (unpaired) electrons. The molecule has 0 atom stereocenters. The third kappa shape index (κ3) is 4.05. The summed E-state index contributed by atoms with van der Waals surface area (Å²) in [6.45, 7) is 1.02. The number of ketones is 1. The third-order valence-electron chi connectivity index (χ3n) is 4.71. The van der Waals surface area contributed by atoms with E-state index in [2.05, 4.69) is 26.1 Å². The molecule has 0 bridgehead atoms. The highest BCUT2D eigenvalue weighted by Crippen LogP contribution is 2.23. The highest BCUT2D eigenvalue weighted by Gasteiger charge is 2.17. The Hall–Kier alpha value is -2.49. The summed E-state index contributed by atoms with van der Waals surface area (Å²) >= 11 is 4.69. The minimum absolute atomic E-state index is 0.00183. The number of halogens is 1. The molecule has 0 aliphatic carbocycles. The van der Waals surface area contributed by atoms with Gasteiger partial charge in [-0.3, -0.25) is 18.6 Å². The highest BCUT2D eigenvalue weighted by molar-refractivity contribution is 9.10. The number of rotatable bonds is 8. The summed E-state index contributed by atoms with van der Waals surface area (Å²) < 4.78 is 9.51. The molecular formula is C21H19BrN4O3S. The van der Waals surface area contributed by atoms with Gasteiger partial charge in [0, 0.05) is 30.3 Å². The molecule has 2 heterocycles. The molecule has 0 aliphatic rings. The molecular weight excluding hydrogens is 468 g/mol. The number of ether oxygens (including phenoxy) is 1. The van der Waals surface area contributed by atoms with Crippen LogP contribution in [0.15, 0.2) is 63.0 Å². The second-order valence-electron chi connectivity index (χ2n) is 6.66. The van der Waals surface area contributed by atoms with E-state index in [-0.39, 0.29) is 17.1 Å². The van der Waals surface area contributed by atoms with Gasteiger partial charge in [0.1, 0.15) is 0 Å². The molecule has 2 aromatic heterocycles. The Morgan fingerprint density at radius 2 is 1.90 bits per heavy atom. The van der Waals surface area contributed by atoms with Gasteiger partial charge in [-0.05, 0) is 30.7 Å². The lowest BCUT2D eigenvalue weighted by molar-refractivity contribution is 0.102. The van der Waals surface area contributed by atoms with Gasteiger partial charge in [0.2, 0.25) is 5.78 Å². The minimum atomic E-state index is -0.107. The summed E-state index contributed by atoms with van der Waals surface area (Å²) in [6, 6.07) is 14.6. The van der Waals surface area contributed by atoms with E-state index in [0.29, 0.717) is 41.5 Å². The van der Waals surface area contributed by atoms with E-state index in [0.717, 1.165) is 9.99 Å². The van der Waals surface area contributed by atoms with Crippen LogP contribution in [0.1, 0.15) is 16.8 Å². The largest absolute Gasteiger partial charge is 0.385 e. The Kier molecular flexibility index (Phi) is 6.31. The molecule has 0 spiro atoms. The Labute approximate surface area is 185 Å². The zero-order valence-corrected chi connectivity index (χ0v) is 18.6. The molecule has 0 aliphatic heterocycles. The summed E-state index contributed by atoms with van der Waals surface area (Å²) in [7, 11) is 1.63. The van der Waals surface area contributed by atoms with Gasteiger partial charge in [0.25, 0.3) is 5.56 Å². The van der Waals surface area contributed by atoms with Crippen molar-refractivity contribution in [1.29, 1.82) is 0 Å². The molecule has 7 nitrogen and oxygen atoms in total. The first kappa shape index (κ1) is 20.8. The number of aryl methyl sites for hydroxylation is 1. The molecule has 0 saturated heterocycles. The van der Waals surface area contributed by atoms with Crippen molar-refractivity contribution < 1.29 is 9.53 Å². The van der Waals surface area contributed by atoms with E-state index in [9.17, 15) is 9.59 Å². The molecule has 4 rings (SSSR count). The van der Waals surface area contributed by atoms with Gasteiger partial charge in [-0.2, -0.15) is 0 Å². The van der Waals surface area contributed by atoms with Crippen molar-refractivity contribution in [3.05, 3.63) is 68.9 Å². The number of carbonyl (C=O) groups is 1. The Morgan fingerprint density at radius 1 is 1.13 bits per heavy atom. The van der Waals surface area contributed by atoms with Crippen LogP contribution in [0.25, 0.3) is 16.7 Å². The van der Waals surface area contributed by atoms with Gasteiger partial charge in [-0.15, -0.1) is 10.2 Å². The first-order valence-corrected chi connectivity index (χ1v) is 11.1. The Morgan fingerprint density at radius 3 is 2.67 bits per heavy atom. The van der Waals surface area contributed by atoms with Crippen LogP contribution >= 0.6 is 27.7 Å². The maximum atomic E-state index is 13.0. The van der Waals surface area contributed by atoms with Crippen molar-refractivity contribution >= 4 is 50.2 Å². The van der Waals surface area contributed by atoms with Crippen molar-refractivity contribution in [3.63, 3.8) is 0 Å². The van der Waals surface area contributed by atoms with Crippen LogP contribution in [0, 0.1) is 0 Å². The maximum Gasteiger partial charge on any atom is 0.262 e. The van der Waals surface area contributed by atoms with Crippen LogP contribution in [0.5, 0.6) is 0 Å². The van der Waals surface area contributed by atoms with Crippen LogP contribution in [-0.2, 0) is 11.3 Å². The number of methoxy groups -OCH3 is 1. The predicted octanol–water partition coefficient (Wildman–Crippen LogP) is 3.82. The van der Waals surface area contributed by atoms with Crippen LogP contribution in [-0.4, -0.2) is 44.4 Å². The average molecular weight is 487 g/mol. The fraction of sp³-hybridized carbons (Fsp3) is 0.238. The number of Topliss-reactive ketones (excluding diaryl/α,β-unsaturated/α-hetero) is 1. The number of hydrogen-bond donors (Lipinski definition) is 0. The fourth-order valence-corrected chi connectivity index (χ4v) is 4.34. The fourth-order valence-electron chi connectivity index (χ4n) is 3.24. The van der Waals surface area contributed by atoms with E-state index in [1.165, 1.54) is 11.8 Å². The summed E-state index contributed by atoms with van der Waals surface area (Å²) in [6.07, 6.45) is 0.682. The van der Waals surface area contributed by atoms with Crippen molar-refractivity contribution in [3.8, 4) is 0 Å². The smallest absolute Gasteiger partial charge is 0.262 e. The van der Waals surface area contributed by atoms with Gasteiger partial charge < -0.3 is 4.74 Å². The van der Waals surface area contributed by atoms with E-state index < -0.39 is 0 Å². The van der Waals surface area contributed by atoms with Gasteiger partial charge in [0.15, 0.2) is 10.9 Å². The lowest BCUT2D eigenvalue weighted by atomic mass is 10.2. The third-order valence-corrected chi connectivity index (χ3v) is 6.16. The Bertz CT molecular complexity index is 1270. The molecule has 154 valence electrons. The SMILES string of the molecule is COCCCn1c(=O)c2ccccc2n2c(SCC(=O)c3ccc(Br)cc3)nnc12. The second-order valence-corrected chi connectivity index (χ2v) is 8.52. The van der Waals surface area contributed by atoms with Crippen LogP contribution < -0.4 is 5.56 Å². The van der Waals surface area contributed by atoms with Crippen LogP contribution in [0.3, 0.4) is 0 Å². The van der Waals surface area contributed by atoms with Crippen molar-refractivity contribution in [2.24, 2.45) is 0 Å². The lowest BCUT2D eigenvalue weighted by Gasteiger charge is -2.11. The average Bonchev–Trinajstić information content (AvgIpc) is 3.19. The van der Waals surface area contributed by atoms with E-state index >= 15 is 0 Å². The van der Waals surface area contributed by atoms with Crippen molar-refractivity contribution in [2.45, 2.75) is 18.1 Å². The summed E-state index contributed by atoms with van der Waals surface area (Å²) in [5.74, 6) is 0.690. The quantitative estimate of drug-likeness (QED) is 0.214. The number of fused-ring (bicyclic) bond motifs is 3. The molecule has 0 amide bonds. The molecule has 4 aromatic rings. The number of hydrogen-bond acceptors (Lipinski definition) is 6. The first-order valence-electron chi connectivity index (χ1n) is 9.37. The normalized spacial score (nSPS) is 11.4. The predicted molar refractivity (Wildman–Crippen MR) is 120 cm³/mol. The first-order chi connectivity index (χ1) is 14.6. The van der Waals surface area contributed by atoms with E-state index in [1.54, 1.807) is 29.9 Å². The van der Waals surface area contributed by atoms with Gasteiger partial charge in [-0.1, -0.05) is 52.0 Å². The maximum absolute atomic E-state index is 13.0. The van der Waals surface area contributed by atoms with Gasteiger partial charge in [0.05, 0.1) is 16.7 Å². The number of nitrogens with zero attached hydrogens (tertiary/aromatic N) is 4. The number of aromatic nitrogens is 4. The molecule has 0 fully saturated rings. The number of para-hydroxylation sites is 1. The number of carbonyl (C=O) groups excluding carboxylic acids is 1. The summed E-state index contributed by atoms with van der Waals surface area (Å²) in [5, 5.41) is 9.71. The Balaban J connectivity index is 1.71. The van der Waals surface area contributed by atoms with Gasteiger partial charge >= 0.3 is 0 Å². The van der Waals surface area contributed by atoms with Crippen LogP contribution in [0.4, 0.5) is 0 Å². The molecule has 2 aromatic carbocycles. The molecule has 30 heavy (non-hydrogen) atoms. The minimum Gasteiger partial charge on any atom is -0.385 e. The summed E-state index contributed by atoms with van der Waals surface area (Å²) in [5.41, 5.74) is 1.26. The lowest BCUT2D eigenvalue weighted by Crippen LogP contribution is -2.24. The van der Waals surface area contributed by atoms with Crippen molar-refractivity contribution in [1.82, 2.24) is 19.2 Å². The zero-order chi connectivity index (χ0) is 21.1. The summed E-state index contributed by atoms with van der Waals surface area (Å²) in [4.78, 5) is 25.6. The molecule has 0 unspecified atom stereocenters. The van der Waals surface area contributed by atoms with Crippen LogP contribution in [0.2, 0.25) is 0 Å². The monoisotopic (exact) mass is 486 g/mol. The van der Waals surface area contributed by atoms with E-state index in [1.807, 2.05) is 34.7 Å². The second kappa shape index (κ2) is 9.11. The number of thioether (sulfide) groups is 1. The van der Waals surface area contributed by atoms with Crippen molar-refractivity contribution in [2.75, 3.05) is 19.5 Å². The standard InChI is InChI=1S/C21H19BrN4O3S/c1-29-12-4-11-25-19(28)16-5-2-3-6-17(16)26-20(25)23-24-21(26)30-13-18(27)14-7-9-15(22)10-8-14/h2-3,5-10H,4,11-13H2,1H3. The number of benzene rings is 2. The molecule has 0 N–H and O–H groups in total. The van der Waals surface area contributed by atoms with E-state index in [4.69, 9.17) is 4.74 Å². The molecule has 9 heteroatoms. The van der Waals surface area contributed by atoms with Gasteiger partial charge in [-0.25, -0.2) is 0 Å². The molecule has 0 saturated carbocycles. The zero-order valence-electron chi connectivity index (χ0n) is 16.2. The highest BCUT2D eigenvalue weighted by atomic mass is 79.9. The topological polar surface area (TPSA) is 78.5 Å².